The number of methoxy groups -OCH3 is 2. The van der Waals surface area contributed by atoms with Crippen LogP contribution in [0.3, 0.4) is 0 Å². The van der Waals surface area contributed by atoms with Gasteiger partial charge in [0, 0.05) is 6.20 Å². The molecule has 17 heavy (non-hydrogen) atoms. The van der Waals surface area contributed by atoms with E-state index in [1.54, 1.807) is 26.5 Å². The molecule has 0 bridgehead atoms. The van der Waals surface area contributed by atoms with E-state index in [4.69, 9.17) is 9.47 Å². The molecule has 0 aliphatic heterocycles. The molecule has 0 fully saturated rings. The van der Waals surface area contributed by atoms with Crippen molar-refractivity contribution in [3.05, 3.63) is 24.4 Å². The van der Waals surface area contributed by atoms with Crippen molar-refractivity contribution in [3.63, 3.8) is 0 Å². The van der Waals surface area contributed by atoms with Crippen LogP contribution in [0.15, 0.2) is 18.6 Å². The normalized spacial score (nSPS) is 10.1. The highest BCUT2D eigenvalue weighted by Gasteiger charge is 2.16. The number of nitrogens with zero attached hydrogens (tertiary/aromatic N) is 4. The first-order chi connectivity index (χ1) is 8.26. The Morgan fingerprint density at radius 2 is 1.65 bits per heavy atom. The molecule has 0 unspecified atom stereocenters. The lowest BCUT2D eigenvalue weighted by molar-refractivity contribution is 0.374. The van der Waals surface area contributed by atoms with Crippen LogP contribution in [0.2, 0.25) is 0 Å². The van der Waals surface area contributed by atoms with E-state index in [9.17, 15) is 0 Å². The first kappa shape index (κ1) is 11.3. The van der Waals surface area contributed by atoms with Gasteiger partial charge in [0.2, 0.25) is 11.8 Å². The second-order valence-electron chi connectivity index (χ2n) is 3.26. The number of rotatable bonds is 3. The largest absolute Gasteiger partial charge is 0.480 e. The highest BCUT2D eigenvalue weighted by atomic mass is 16.5. The third-order valence-electron chi connectivity index (χ3n) is 2.20. The minimum absolute atomic E-state index is 0.426. The monoisotopic (exact) mass is 232 g/mol. The van der Waals surface area contributed by atoms with Crippen molar-refractivity contribution in [2.45, 2.75) is 6.92 Å². The predicted octanol–water partition coefficient (Wildman–Crippen LogP) is 1.26. The molecule has 2 rings (SSSR count). The Balaban J connectivity index is 2.64. The van der Waals surface area contributed by atoms with Crippen molar-refractivity contribution in [1.82, 2.24) is 19.9 Å². The Morgan fingerprint density at radius 1 is 1.00 bits per heavy atom. The first-order valence-corrected chi connectivity index (χ1v) is 4.99. The maximum atomic E-state index is 5.19. The topological polar surface area (TPSA) is 70.0 Å². The van der Waals surface area contributed by atoms with Crippen LogP contribution in [-0.2, 0) is 0 Å². The molecule has 6 nitrogen and oxygen atoms in total. The fourth-order valence-electron chi connectivity index (χ4n) is 1.48. The Hall–Kier alpha value is -2.24. The SMILES string of the molecule is COc1ncnc(OC)c1-c1ccnc(C)n1. The van der Waals surface area contributed by atoms with E-state index in [2.05, 4.69) is 19.9 Å². The highest BCUT2D eigenvalue weighted by Crippen LogP contribution is 2.33. The van der Waals surface area contributed by atoms with E-state index in [0.29, 0.717) is 28.8 Å². The summed E-state index contributed by atoms with van der Waals surface area (Å²) in [4.78, 5) is 16.4. The number of aryl methyl sites for hydroxylation is 1. The zero-order valence-electron chi connectivity index (χ0n) is 9.84. The van der Waals surface area contributed by atoms with Crippen LogP contribution in [0, 0.1) is 6.92 Å². The molecule has 0 amide bonds. The first-order valence-electron chi connectivity index (χ1n) is 4.99. The molecule has 0 aromatic carbocycles. The van der Waals surface area contributed by atoms with Crippen LogP contribution in [0.25, 0.3) is 11.3 Å². The Morgan fingerprint density at radius 3 is 2.18 bits per heavy atom. The molecule has 0 N–H and O–H groups in total. The summed E-state index contributed by atoms with van der Waals surface area (Å²) >= 11 is 0. The maximum absolute atomic E-state index is 5.19. The van der Waals surface area contributed by atoms with E-state index >= 15 is 0 Å². The van der Waals surface area contributed by atoms with Gasteiger partial charge in [-0.3, -0.25) is 0 Å². The standard InChI is InChI=1S/C11H12N4O2/c1-7-12-5-4-8(15-7)9-10(16-2)13-6-14-11(9)17-3/h4-6H,1-3H3. The van der Waals surface area contributed by atoms with Crippen molar-refractivity contribution < 1.29 is 9.47 Å². The smallest absolute Gasteiger partial charge is 0.229 e. The van der Waals surface area contributed by atoms with Gasteiger partial charge in [-0.1, -0.05) is 0 Å². The average Bonchev–Trinajstić information content (AvgIpc) is 2.37. The lowest BCUT2D eigenvalue weighted by Gasteiger charge is -2.10. The Kier molecular flexibility index (Phi) is 3.13. The number of hydrogen-bond acceptors (Lipinski definition) is 6. The zero-order valence-corrected chi connectivity index (χ0v) is 9.84. The lowest BCUT2D eigenvalue weighted by Crippen LogP contribution is -2.00. The van der Waals surface area contributed by atoms with Crippen LogP contribution in [-0.4, -0.2) is 34.2 Å². The molecular weight excluding hydrogens is 220 g/mol. The van der Waals surface area contributed by atoms with E-state index in [1.165, 1.54) is 6.33 Å². The van der Waals surface area contributed by atoms with Crippen LogP contribution < -0.4 is 9.47 Å². The van der Waals surface area contributed by atoms with Crippen molar-refractivity contribution >= 4 is 0 Å². The minimum Gasteiger partial charge on any atom is -0.480 e. The lowest BCUT2D eigenvalue weighted by atomic mass is 10.2. The summed E-state index contributed by atoms with van der Waals surface area (Å²) in [7, 11) is 3.08. The van der Waals surface area contributed by atoms with Gasteiger partial charge in [-0.15, -0.1) is 0 Å². The fraction of sp³-hybridized carbons (Fsp3) is 0.273. The average molecular weight is 232 g/mol. The van der Waals surface area contributed by atoms with Crippen molar-refractivity contribution in [2.24, 2.45) is 0 Å². The molecular formula is C11H12N4O2. The van der Waals surface area contributed by atoms with Gasteiger partial charge < -0.3 is 9.47 Å². The molecule has 0 radical (unpaired) electrons. The van der Waals surface area contributed by atoms with Gasteiger partial charge >= 0.3 is 0 Å². The molecule has 0 saturated carbocycles. The van der Waals surface area contributed by atoms with Gasteiger partial charge in [-0.2, -0.15) is 0 Å². The molecule has 2 aromatic heterocycles. The molecule has 0 saturated heterocycles. The fourth-order valence-corrected chi connectivity index (χ4v) is 1.48. The predicted molar refractivity (Wildman–Crippen MR) is 60.9 cm³/mol. The van der Waals surface area contributed by atoms with Gasteiger partial charge in [0.1, 0.15) is 17.7 Å². The number of ether oxygens (including phenoxy) is 2. The second kappa shape index (κ2) is 4.73. The van der Waals surface area contributed by atoms with Crippen molar-refractivity contribution in [2.75, 3.05) is 14.2 Å². The summed E-state index contributed by atoms with van der Waals surface area (Å²) in [5, 5.41) is 0. The van der Waals surface area contributed by atoms with Crippen molar-refractivity contribution in [3.8, 4) is 23.0 Å². The molecule has 2 aromatic rings. The van der Waals surface area contributed by atoms with Crippen LogP contribution in [0.4, 0.5) is 0 Å². The molecule has 0 aliphatic rings. The van der Waals surface area contributed by atoms with Gasteiger partial charge in [-0.05, 0) is 13.0 Å². The molecule has 0 spiro atoms. The van der Waals surface area contributed by atoms with Gasteiger partial charge in [0.15, 0.2) is 0 Å². The summed E-state index contributed by atoms with van der Waals surface area (Å²) in [6, 6.07) is 1.76. The van der Waals surface area contributed by atoms with E-state index in [-0.39, 0.29) is 0 Å². The Bertz CT molecular complexity index is 508. The summed E-state index contributed by atoms with van der Waals surface area (Å²) in [6.07, 6.45) is 3.05. The van der Waals surface area contributed by atoms with Crippen LogP contribution in [0.1, 0.15) is 5.82 Å². The van der Waals surface area contributed by atoms with Gasteiger partial charge in [-0.25, -0.2) is 19.9 Å². The third-order valence-corrected chi connectivity index (χ3v) is 2.20. The third kappa shape index (κ3) is 2.15. The summed E-state index contributed by atoms with van der Waals surface area (Å²) in [5.41, 5.74) is 1.30. The quantitative estimate of drug-likeness (QED) is 0.793. The summed E-state index contributed by atoms with van der Waals surface area (Å²) < 4.78 is 10.4. The molecule has 6 heteroatoms. The van der Waals surface area contributed by atoms with Crippen molar-refractivity contribution in [1.29, 1.82) is 0 Å². The minimum atomic E-state index is 0.426. The zero-order chi connectivity index (χ0) is 12.3. The van der Waals surface area contributed by atoms with E-state index in [0.717, 1.165) is 0 Å². The molecule has 2 heterocycles. The molecule has 0 atom stereocenters. The maximum Gasteiger partial charge on any atom is 0.229 e. The highest BCUT2D eigenvalue weighted by molar-refractivity contribution is 5.69. The summed E-state index contributed by atoms with van der Waals surface area (Å²) in [5.74, 6) is 1.51. The summed E-state index contributed by atoms with van der Waals surface area (Å²) in [6.45, 7) is 1.81. The molecule has 88 valence electrons. The van der Waals surface area contributed by atoms with Gasteiger partial charge in [0.25, 0.3) is 0 Å². The van der Waals surface area contributed by atoms with Gasteiger partial charge in [0.05, 0.1) is 19.9 Å². The number of aromatic nitrogens is 4. The van der Waals surface area contributed by atoms with E-state index < -0.39 is 0 Å². The number of hydrogen-bond donors (Lipinski definition) is 0. The Labute approximate surface area is 98.7 Å². The van der Waals surface area contributed by atoms with Crippen LogP contribution in [0.5, 0.6) is 11.8 Å². The van der Waals surface area contributed by atoms with E-state index in [1.807, 2.05) is 6.92 Å². The second-order valence-corrected chi connectivity index (χ2v) is 3.26. The molecule has 0 aliphatic carbocycles. The van der Waals surface area contributed by atoms with Crippen LogP contribution >= 0.6 is 0 Å².